The molecule has 98 valence electrons. The molecule has 1 aromatic rings. The molecular formula is C15H21NO2. The Kier molecular flexibility index (Phi) is 3.04. The molecule has 2 aliphatic rings. The van der Waals surface area contributed by atoms with Crippen LogP contribution in [0.5, 0.6) is 5.75 Å². The molecular weight excluding hydrogens is 226 g/mol. The lowest BCUT2D eigenvalue weighted by Crippen LogP contribution is -2.48. The summed E-state index contributed by atoms with van der Waals surface area (Å²) in [4.78, 5) is 0. The zero-order valence-electron chi connectivity index (χ0n) is 11.2. The van der Waals surface area contributed by atoms with Crippen LogP contribution in [-0.2, 0) is 11.2 Å². The highest BCUT2D eigenvalue weighted by atomic mass is 16.5. The molecule has 0 bridgehead atoms. The second-order valence-corrected chi connectivity index (χ2v) is 5.51. The molecule has 0 spiro atoms. The highest BCUT2D eigenvalue weighted by molar-refractivity contribution is 5.40. The van der Waals surface area contributed by atoms with Crippen molar-refractivity contribution < 1.29 is 9.47 Å². The highest BCUT2D eigenvalue weighted by Crippen LogP contribution is 2.33. The van der Waals surface area contributed by atoms with Crippen LogP contribution >= 0.6 is 0 Å². The number of nitrogens with one attached hydrogen (secondary N) is 1. The zero-order valence-corrected chi connectivity index (χ0v) is 11.2. The quantitative estimate of drug-likeness (QED) is 0.870. The van der Waals surface area contributed by atoms with E-state index in [1.807, 2.05) is 0 Å². The average Bonchev–Trinajstić information content (AvgIpc) is 2.86. The van der Waals surface area contributed by atoms with Gasteiger partial charge < -0.3 is 14.8 Å². The van der Waals surface area contributed by atoms with Crippen molar-refractivity contribution in [3.05, 3.63) is 29.3 Å². The maximum atomic E-state index is 6.27. The molecule has 0 aromatic heterocycles. The van der Waals surface area contributed by atoms with E-state index in [2.05, 4.69) is 37.4 Å². The number of benzene rings is 1. The van der Waals surface area contributed by atoms with Crippen molar-refractivity contribution in [2.24, 2.45) is 0 Å². The smallest absolute Gasteiger partial charge is 0.122 e. The maximum absolute atomic E-state index is 6.27. The van der Waals surface area contributed by atoms with Crippen LogP contribution in [0.1, 0.15) is 37.5 Å². The molecule has 0 aliphatic carbocycles. The number of hydrogen-bond acceptors (Lipinski definition) is 3. The molecule has 18 heavy (non-hydrogen) atoms. The van der Waals surface area contributed by atoms with Gasteiger partial charge in [0.15, 0.2) is 0 Å². The summed E-state index contributed by atoms with van der Waals surface area (Å²) in [6.07, 6.45) is 2.22. The van der Waals surface area contributed by atoms with E-state index in [4.69, 9.17) is 9.47 Å². The lowest BCUT2D eigenvalue weighted by Gasteiger charge is -2.39. The largest absolute Gasteiger partial charge is 0.493 e. The first kappa shape index (κ1) is 12.0. The Morgan fingerprint density at radius 3 is 3.17 bits per heavy atom. The molecule has 1 aromatic carbocycles. The predicted octanol–water partition coefficient (Wildman–Crippen LogP) is 2.45. The minimum absolute atomic E-state index is 0.0432. The molecule has 3 rings (SSSR count). The summed E-state index contributed by atoms with van der Waals surface area (Å²) in [7, 11) is 0. The Bertz CT molecular complexity index is 446. The fourth-order valence-corrected chi connectivity index (χ4v) is 2.70. The summed E-state index contributed by atoms with van der Waals surface area (Å²) in [5.74, 6) is 1.04. The summed E-state index contributed by atoms with van der Waals surface area (Å²) >= 11 is 0. The lowest BCUT2D eigenvalue weighted by molar-refractivity contribution is -0.109. The van der Waals surface area contributed by atoms with Gasteiger partial charge in [-0.3, -0.25) is 0 Å². The average molecular weight is 247 g/mol. The molecule has 2 atom stereocenters. The van der Waals surface area contributed by atoms with Crippen LogP contribution in [0, 0.1) is 0 Å². The van der Waals surface area contributed by atoms with Crippen molar-refractivity contribution in [2.45, 2.75) is 38.4 Å². The van der Waals surface area contributed by atoms with Gasteiger partial charge in [-0.1, -0.05) is 13.0 Å². The minimum atomic E-state index is -0.0432. The Balaban J connectivity index is 1.82. The highest BCUT2D eigenvalue weighted by Gasteiger charge is 2.32. The van der Waals surface area contributed by atoms with E-state index in [-0.39, 0.29) is 11.7 Å². The standard InChI is InChI=1S/C15H21NO2/c1-3-15(2)10-16-9-14(18-15)11-4-5-13-12(8-11)6-7-17-13/h4-5,8,14,16H,3,6-7,9-10H2,1-2H3. The molecule has 0 saturated carbocycles. The number of hydrogen-bond donors (Lipinski definition) is 1. The number of rotatable bonds is 2. The van der Waals surface area contributed by atoms with Gasteiger partial charge in [-0.05, 0) is 36.6 Å². The van der Waals surface area contributed by atoms with Crippen molar-refractivity contribution in [1.29, 1.82) is 0 Å². The van der Waals surface area contributed by atoms with Crippen LogP contribution in [0.3, 0.4) is 0 Å². The third-order valence-corrected chi connectivity index (χ3v) is 4.09. The Morgan fingerprint density at radius 2 is 2.33 bits per heavy atom. The fraction of sp³-hybridized carbons (Fsp3) is 0.600. The van der Waals surface area contributed by atoms with Gasteiger partial charge in [0.25, 0.3) is 0 Å². The van der Waals surface area contributed by atoms with Crippen molar-refractivity contribution in [2.75, 3.05) is 19.7 Å². The summed E-state index contributed by atoms with van der Waals surface area (Å²) in [6, 6.07) is 6.47. The van der Waals surface area contributed by atoms with Crippen molar-refractivity contribution in [3.8, 4) is 5.75 Å². The fourth-order valence-electron chi connectivity index (χ4n) is 2.70. The Morgan fingerprint density at radius 1 is 1.44 bits per heavy atom. The van der Waals surface area contributed by atoms with Crippen molar-refractivity contribution in [3.63, 3.8) is 0 Å². The third kappa shape index (κ3) is 2.13. The van der Waals surface area contributed by atoms with E-state index in [9.17, 15) is 0 Å². The SMILES string of the molecule is CCC1(C)CNCC(c2ccc3c(c2)CCO3)O1. The molecule has 3 heteroatoms. The lowest BCUT2D eigenvalue weighted by atomic mass is 9.97. The third-order valence-electron chi connectivity index (χ3n) is 4.09. The summed E-state index contributed by atoms with van der Waals surface area (Å²) in [6.45, 7) is 7.02. The Labute approximate surface area is 108 Å². The zero-order chi connectivity index (χ0) is 12.6. The summed E-state index contributed by atoms with van der Waals surface area (Å²) in [5.41, 5.74) is 2.55. The van der Waals surface area contributed by atoms with Crippen LogP contribution < -0.4 is 10.1 Å². The van der Waals surface area contributed by atoms with E-state index in [1.165, 1.54) is 11.1 Å². The van der Waals surface area contributed by atoms with E-state index in [0.29, 0.717) is 0 Å². The van der Waals surface area contributed by atoms with Crippen LogP contribution in [0.2, 0.25) is 0 Å². The first-order valence-corrected chi connectivity index (χ1v) is 6.84. The van der Waals surface area contributed by atoms with Crippen LogP contribution in [0.25, 0.3) is 0 Å². The van der Waals surface area contributed by atoms with Crippen LogP contribution in [0.4, 0.5) is 0 Å². The van der Waals surface area contributed by atoms with E-state index in [1.54, 1.807) is 0 Å². The molecule has 3 nitrogen and oxygen atoms in total. The topological polar surface area (TPSA) is 30.5 Å². The first-order valence-electron chi connectivity index (χ1n) is 6.84. The molecule has 0 radical (unpaired) electrons. The van der Waals surface area contributed by atoms with Gasteiger partial charge in [0.2, 0.25) is 0 Å². The number of fused-ring (bicyclic) bond motifs is 1. The molecule has 1 saturated heterocycles. The maximum Gasteiger partial charge on any atom is 0.122 e. The van der Waals surface area contributed by atoms with Gasteiger partial charge in [-0.2, -0.15) is 0 Å². The van der Waals surface area contributed by atoms with Gasteiger partial charge in [-0.15, -0.1) is 0 Å². The monoisotopic (exact) mass is 247 g/mol. The first-order chi connectivity index (χ1) is 8.70. The van der Waals surface area contributed by atoms with Gasteiger partial charge in [-0.25, -0.2) is 0 Å². The van der Waals surface area contributed by atoms with Crippen LogP contribution in [0.15, 0.2) is 18.2 Å². The summed E-state index contributed by atoms with van der Waals surface area (Å²) < 4.78 is 11.8. The molecule has 2 heterocycles. The van der Waals surface area contributed by atoms with E-state index >= 15 is 0 Å². The van der Waals surface area contributed by atoms with Gasteiger partial charge >= 0.3 is 0 Å². The minimum Gasteiger partial charge on any atom is -0.493 e. The number of ether oxygens (including phenoxy) is 2. The predicted molar refractivity (Wildman–Crippen MR) is 71.0 cm³/mol. The van der Waals surface area contributed by atoms with Crippen molar-refractivity contribution in [1.82, 2.24) is 5.32 Å². The van der Waals surface area contributed by atoms with Crippen LogP contribution in [-0.4, -0.2) is 25.3 Å². The molecule has 2 aliphatic heterocycles. The second-order valence-electron chi connectivity index (χ2n) is 5.51. The molecule has 1 N–H and O–H groups in total. The molecule has 0 amide bonds. The molecule has 1 fully saturated rings. The van der Waals surface area contributed by atoms with Crippen molar-refractivity contribution >= 4 is 0 Å². The number of morpholine rings is 1. The Hall–Kier alpha value is -1.06. The van der Waals surface area contributed by atoms with Gasteiger partial charge in [0, 0.05) is 19.5 Å². The second kappa shape index (κ2) is 4.56. The van der Waals surface area contributed by atoms with Gasteiger partial charge in [0.1, 0.15) is 5.75 Å². The summed E-state index contributed by atoms with van der Waals surface area (Å²) in [5, 5.41) is 3.49. The normalized spacial score (nSPS) is 30.9. The van der Waals surface area contributed by atoms with E-state index < -0.39 is 0 Å². The van der Waals surface area contributed by atoms with Gasteiger partial charge in [0.05, 0.1) is 18.3 Å². The molecule has 2 unspecified atom stereocenters. The van der Waals surface area contributed by atoms with E-state index in [0.717, 1.165) is 38.3 Å².